The van der Waals surface area contributed by atoms with Crippen molar-refractivity contribution in [3.05, 3.63) is 174 Å². The van der Waals surface area contributed by atoms with Crippen LogP contribution in [0.2, 0.25) is 19.6 Å². The Morgan fingerprint density at radius 1 is 0.768 bits per heavy atom. The smallest absolute Gasteiger partial charge is 0.235 e. The number of rotatable bonds is 9. The molecular formula is C60H60IrN6OSi-2. The van der Waals surface area contributed by atoms with Gasteiger partial charge in [0.1, 0.15) is 5.52 Å². The minimum Gasteiger partial charge on any atom is -0.485 e. The number of hydrogen-bond donors (Lipinski definition) is 0. The molecule has 0 aliphatic carbocycles. The van der Waals surface area contributed by atoms with Crippen molar-refractivity contribution in [2.45, 2.75) is 93.3 Å². The first kappa shape index (κ1) is 49.1. The predicted octanol–water partition coefficient (Wildman–Crippen LogP) is 14.8. The van der Waals surface area contributed by atoms with Crippen molar-refractivity contribution in [1.29, 1.82) is 0 Å². The molecule has 10 aromatic rings. The van der Waals surface area contributed by atoms with Gasteiger partial charge in [-0.25, -0.2) is 4.98 Å². The van der Waals surface area contributed by atoms with Crippen molar-refractivity contribution in [3.63, 3.8) is 0 Å². The molecule has 1 radical (unpaired) electrons. The van der Waals surface area contributed by atoms with E-state index in [0.29, 0.717) is 11.3 Å². The summed E-state index contributed by atoms with van der Waals surface area (Å²) in [5.41, 5.74) is 17.5. The second-order valence-electron chi connectivity index (χ2n) is 20.2. The summed E-state index contributed by atoms with van der Waals surface area (Å²) in [5, 5.41) is 2.42. The van der Waals surface area contributed by atoms with E-state index in [0.717, 1.165) is 102 Å². The van der Waals surface area contributed by atoms with E-state index in [4.69, 9.17) is 19.4 Å². The van der Waals surface area contributed by atoms with Crippen molar-refractivity contribution >= 4 is 46.5 Å². The van der Waals surface area contributed by atoms with Crippen LogP contribution in [0.1, 0.15) is 69.1 Å². The van der Waals surface area contributed by atoms with Crippen molar-refractivity contribution in [2.24, 2.45) is 5.92 Å². The molecular weight excluding hydrogens is 1040 g/mol. The van der Waals surface area contributed by atoms with E-state index in [-0.39, 0.29) is 25.5 Å². The summed E-state index contributed by atoms with van der Waals surface area (Å²) < 4.78 is 8.76. The van der Waals surface area contributed by atoms with Crippen LogP contribution in [0.25, 0.3) is 83.8 Å². The first-order valence-corrected chi connectivity index (χ1v) is 27.3. The number of aryl methyl sites for hydroxylation is 3. The second-order valence-corrected chi connectivity index (χ2v) is 25.3. The number of furan rings is 1. The molecule has 0 saturated heterocycles. The number of hydrogen-bond acceptors (Lipinski definition) is 6. The molecule has 7 nitrogen and oxygen atoms in total. The van der Waals surface area contributed by atoms with Crippen LogP contribution in [0.3, 0.4) is 0 Å². The molecule has 0 aliphatic rings. The van der Waals surface area contributed by atoms with E-state index in [1.54, 1.807) is 12.4 Å². The molecule has 69 heavy (non-hydrogen) atoms. The summed E-state index contributed by atoms with van der Waals surface area (Å²) >= 11 is 0. The van der Waals surface area contributed by atoms with E-state index in [1.807, 2.05) is 31.2 Å². The Morgan fingerprint density at radius 2 is 1.42 bits per heavy atom. The normalized spacial score (nSPS) is 12.2. The van der Waals surface area contributed by atoms with Crippen molar-refractivity contribution in [1.82, 2.24) is 29.5 Å². The Labute approximate surface area is 421 Å². The fraction of sp³-hybridized carbons (Fsp3) is 0.250. The molecule has 5 aromatic heterocycles. The molecule has 351 valence electrons. The van der Waals surface area contributed by atoms with Gasteiger partial charge in [0.15, 0.2) is 0 Å². The van der Waals surface area contributed by atoms with Crippen LogP contribution < -0.4 is 5.19 Å². The van der Waals surface area contributed by atoms with Gasteiger partial charge >= 0.3 is 0 Å². The van der Waals surface area contributed by atoms with Crippen LogP contribution in [-0.4, -0.2) is 37.6 Å². The molecule has 0 saturated carbocycles. The Kier molecular flexibility index (Phi) is 14.2. The van der Waals surface area contributed by atoms with E-state index < -0.39 is 8.07 Å². The van der Waals surface area contributed by atoms with Crippen LogP contribution in [-0.2, 0) is 31.9 Å². The molecule has 0 amide bonds. The number of pyridine rings is 2. The third-order valence-corrected chi connectivity index (χ3v) is 15.0. The maximum Gasteiger partial charge on any atom is 0.235 e. The molecule has 1 atom stereocenters. The van der Waals surface area contributed by atoms with Crippen LogP contribution in [0.15, 0.2) is 138 Å². The largest absolute Gasteiger partial charge is 0.485 e. The number of fused-ring (bicyclic) bond motifs is 4. The van der Waals surface area contributed by atoms with E-state index in [1.165, 1.54) is 22.7 Å². The van der Waals surface area contributed by atoms with Gasteiger partial charge in [-0.15, -0.1) is 53.6 Å². The fourth-order valence-corrected chi connectivity index (χ4v) is 10.8. The van der Waals surface area contributed by atoms with Gasteiger partial charge in [-0.3, -0.25) is 15.0 Å². The van der Waals surface area contributed by atoms with Gasteiger partial charge in [-0.05, 0) is 82.8 Å². The summed E-state index contributed by atoms with van der Waals surface area (Å²) in [6, 6.07) is 47.2. The summed E-state index contributed by atoms with van der Waals surface area (Å²) in [6.07, 6.45) is 7.86. The molecule has 0 aliphatic heterocycles. The molecule has 0 bridgehead atoms. The van der Waals surface area contributed by atoms with Crippen LogP contribution in [0, 0.1) is 38.8 Å². The topological polar surface area (TPSA) is 82.5 Å². The third-order valence-electron chi connectivity index (χ3n) is 13.0. The van der Waals surface area contributed by atoms with Crippen molar-refractivity contribution < 1.29 is 24.5 Å². The van der Waals surface area contributed by atoms with Gasteiger partial charge in [0.05, 0.1) is 41.9 Å². The Hall–Kier alpha value is -6.38. The Morgan fingerprint density at radius 3 is 2.03 bits per heavy atom. The van der Waals surface area contributed by atoms with Gasteiger partial charge in [0.2, 0.25) is 5.71 Å². The summed E-state index contributed by atoms with van der Waals surface area (Å²) in [5.74, 6) is 1.44. The summed E-state index contributed by atoms with van der Waals surface area (Å²) in [7, 11) is -1.35. The zero-order chi connectivity index (χ0) is 47.9. The molecule has 5 aromatic carbocycles. The molecule has 0 N–H and O–H groups in total. The molecule has 10 rings (SSSR count). The molecule has 5 heterocycles. The van der Waals surface area contributed by atoms with E-state index in [9.17, 15) is 0 Å². The molecule has 0 spiro atoms. The van der Waals surface area contributed by atoms with Gasteiger partial charge in [0, 0.05) is 55.5 Å². The average molecular weight is 1100 g/mol. The van der Waals surface area contributed by atoms with Crippen LogP contribution in [0.4, 0.5) is 0 Å². The van der Waals surface area contributed by atoms with E-state index in [2.05, 4.69) is 192 Å². The summed E-state index contributed by atoms with van der Waals surface area (Å²) in [4.78, 5) is 24.2. The molecule has 1 unspecified atom stereocenters. The standard InChI is InChI=1S/C41H34N5O.C19H26NSi.Ir/c1-24-17-18-30(38-34(24)35-40(47-38)43-20-19-42-35)39-45-33-21-25(2)44-26(3)36(33)46(39)37-31(27-13-9-7-10-14-27)22-29(41(4,5)6)23-32(37)28-15-11-8-12-16-28;1-6-15(2)12-17-13-18(16-10-8-7-9-11-16)20-14-19(17)21(3,4)5;/h7-17,19-23H,1-6H3;7-10,13-15H,6,12H2,1-5H3;/q2*-1;. The van der Waals surface area contributed by atoms with Crippen LogP contribution >= 0.6 is 0 Å². The number of nitrogens with zero attached hydrogens (tertiary/aromatic N) is 6. The monoisotopic (exact) mass is 1100 g/mol. The van der Waals surface area contributed by atoms with Gasteiger partial charge < -0.3 is 14.0 Å². The fourth-order valence-electron chi connectivity index (χ4n) is 9.22. The minimum atomic E-state index is -1.35. The molecule has 9 heteroatoms. The van der Waals surface area contributed by atoms with Crippen LogP contribution in [0.5, 0.6) is 0 Å². The predicted molar refractivity (Wildman–Crippen MR) is 284 cm³/mol. The Balaban J connectivity index is 0.000000246. The van der Waals surface area contributed by atoms with E-state index >= 15 is 0 Å². The third kappa shape index (κ3) is 9.91. The SMILES string of the molecule is CCC(C)Cc1cc(-c2[c-]cccc2)ncc1[Si](C)(C)C.Cc1cc2nc(-c3[c-]cc(C)c4c3oc3nccnc34)n(-c3c(-c4ccccc4)cc(C(C)(C)C)cc3-c3ccccc3)c2c(C)n1.[Ir]. The second kappa shape index (κ2) is 19.9. The Bertz CT molecular complexity index is 3360. The quantitative estimate of drug-likeness (QED) is 0.106. The van der Waals surface area contributed by atoms with Crippen molar-refractivity contribution in [3.8, 4) is 50.6 Å². The van der Waals surface area contributed by atoms with Crippen molar-refractivity contribution in [2.75, 3.05) is 0 Å². The van der Waals surface area contributed by atoms with Gasteiger partial charge in [0.25, 0.3) is 0 Å². The number of benzene rings is 5. The maximum atomic E-state index is 6.48. The van der Waals surface area contributed by atoms with Gasteiger partial charge in [-0.1, -0.05) is 145 Å². The minimum absolute atomic E-state index is 0. The number of imidazole rings is 1. The summed E-state index contributed by atoms with van der Waals surface area (Å²) in [6.45, 7) is 24.7. The van der Waals surface area contributed by atoms with Gasteiger partial charge in [-0.2, -0.15) is 0 Å². The number of aromatic nitrogens is 6. The molecule has 0 fully saturated rings. The first-order valence-electron chi connectivity index (χ1n) is 23.8. The maximum absolute atomic E-state index is 6.48. The zero-order valence-electron chi connectivity index (χ0n) is 41.6. The average Bonchev–Trinajstić information content (AvgIpc) is 3.91. The first-order chi connectivity index (χ1) is 32.6. The zero-order valence-corrected chi connectivity index (χ0v) is 45.0.